The van der Waals surface area contributed by atoms with Crippen LogP contribution in [0.2, 0.25) is 0 Å². The van der Waals surface area contributed by atoms with E-state index in [0.717, 1.165) is 5.75 Å². The molecule has 0 aliphatic heterocycles. The summed E-state index contributed by atoms with van der Waals surface area (Å²) in [6.07, 6.45) is 6.20. The minimum atomic E-state index is 0.112. The standard InChI is InChI=1S/C16H25NO2/c1-18-11-13-14(7-6-8-15(13)19-2)16(12-17)9-4-3-5-10-16/h6-8H,3-5,9-12,17H2,1-2H3. The Kier molecular flexibility index (Phi) is 4.83. The molecule has 1 aromatic carbocycles. The number of ether oxygens (including phenoxy) is 2. The van der Waals surface area contributed by atoms with Crippen LogP contribution >= 0.6 is 0 Å². The molecule has 106 valence electrons. The molecule has 2 rings (SSSR count). The second kappa shape index (κ2) is 6.40. The molecule has 1 fully saturated rings. The largest absolute Gasteiger partial charge is 0.496 e. The van der Waals surface area contributed by atoms with Gasteiger partial charge in [-0.3, -0.25) is 0 Å². The van der Waals surface area contributed by atoms with Crippen molar-refractivity contribution in [3.05, 3.63) is 29.3 Å². The SMILES string of the molecule is COCc1c(OC)cccc1C1(CN)CCCCC1. The molecule has 3 nitrogen and oxygen atoms in total. The van der Waals surface area contributed by atoms with Gasteiger partial charge in [0.2, 0.25) is 0 Å². The van der Waals surface area contributed by atoms with Crippen molar-refractivity contribution in [3.63, 3.8) is 0 Å². The van der Waals surface area contributed by atoms with Gasteiger partial charge in [0.1, 0.15) is 5.75 Å². The van der Waals surface area contributed by atoms with Gasteiger partial charge in [0.25, 0.3) is 0 Å². The number of hydrogen-bond donors (Lipinski definition) is 1. The highest BCUT2D eigenvalue weighted by molar-refractivity contribution is 5.44. The average molecular weight is 263 g/mol. The van der Waals surface area contributed by atoms with Gasteiger partial charge in [-0.15, -0.1) is 0 Å². The summed E-state index contributed by atoms with van der Waals surface area (Å²) in [5, 5.41) is 0. The molecule has 19 heavy (non-hydrogen) atoms. The fraction of sp³-hybridized carbons (Fsp3) is 0.625. The summed E-state index contributed by atoms with van der Waals surface area (Å²) in [6, 6.07) is 6.28. The smallest absolute Gasteiger partial charge is 0.124 e. The number of nitrogens with two attached hydrogens (primary N) is 1. The molecular formula is C16H25NO2. The van der Waals surface area contributed by atoms with Gasteiger partial charge in [-0.05, 0) is 24.5 Å². The molecule has 0 heterocycles. The first-order valence-corrected chi connectivity index (χ1v) is 7.13. The Morgan fingerprint density at radius 3 is 2.47 bits per heavy atom. The predicted octanol–water partition coefficient (Wildman–Crippen LogP) is 3.00. The van der Waals surface area contributed by atoms with Crippen LogP contribution in [0.3, 0.4) is 0 Å². The van der Waals surface area contributed by atoms with Gasteiger partial charge in [0.05, 0.1) is 13.7 Å². The van der Waals surface area contributed by atoms with Crippen molar-refractivity contribution in [2.75, 3.05) is 20.8 Å². The zero-order valence-corrected chi connectivity index (χ0v) is 12.1. The first-order chi connectivity index (χ1) is 9.27. The third-order valence-corrected chi connectivity index (χ3v) is 4.41. The Balaban J connectivity index is 2.46. The van der Waals surface area contributed by atoms with Crippen LogP contribution in [0.4, 0.5) is 0 Å². The van der Waals surface area contributed by atoms with Crippen LogP contribution in [-0.2, 0) is 16.8 Å². The molecule has 0 spiro atoms. The lowest BCUT2D eigenvalue weighted by Gasteiger charge is -2.38. The van der Waals surface area contributed by atoms with Crippen LogP contribution < -0.4 is 10.5 Å². The van der Waals surface area contributed by atoms with E-state index in [1.54, 1.807) is 14.2 Å². The van der Waals surface area contributed by atoms with Gasteiger partial charge in [0, 0.05) is 24.6 Å². The van der Waals surface area contributed by atoms with Gasteiger partial charge >= 0.3 is 0 Å². The molecule has 1 saturated carbocycles. The minimum Gasteiger partial charge on any atom is -0.496 e. The molecule has 0 radical (unpaired) electrons. The van der Waals surface area contributed by atoms with Crippen molar-refractivity contribution >= 4 is 0 Å². The Hall–Kier alpha value is -1.06. The zero-order chi connectivity index (χ0) is 13.7. The highest BCUT2D eigenvalue weighted by atomic mass is 16.5. The van der Waals surface area contributed by atoms with Crippen molar-refractivity contribution in [1.82, 2.24) is 0 Å². The molecule has 2 N–H and O–H groups in total. The van der Waals surface area contributed by atoms with Crippen molar-refractivity contribution in [3.8, 4) is 5.75 Å². The molecule has 0 atom stereocenters. The van der Waals surface area contributed by atoms with E-state index in [1.807, 2.05) is 6.07 Å². The lowest BCUT2D eigenvalue weighted by molar-refractivity contribution is 0.177. The molecule has 0 unspecified atom stereocenters. The number of hydrogen-bond acceptors (Lipinski definition) is 3. The first kappa shape index (κ1) is 14.4. The number of methoxy groups -OCH3 is 2. The fourth-order valence-electron chi connectivity index (χ4n) is 3.36. The lowest BCUT2D eigenvalue weighted by Crippen LogP contribution is -2.38. The minimum absolute atomic E-state index is 0.112. The molecule has 0 amide bonds. The molecule has 1 aliphatic carbocycles. The van der Waals surface area contributed by atoms with E-state index in [9.17, 15) is 0 Å². The van der Waals surface area contributed by atoms with Crippen molar-refractivity contribution in [2.24, 2.45) is 5.73 Å². The molecule has 3 heteroatoms. The topological polar surface area (TPSA) is 44.5 Å². The Labute approximate surface area is 116 Å². The summed E-state index contributed by atoms with van der Waals surface area (Å²) in [7, 11) is 3.44. The van der Waals surface area contributed by atoms with Crippen LogP contribution in [0.15, 0.2) is 18.2 Å². The zero-order valence-electron chi connectivity index (χ0n) is 12.1. The Morgan fingerprint density at radius 2 is 1.89 bits per heavy atom. The van der Waals surface area contributed by atoms with Crippen LogP contribution in [0.5, 0.6) is 5.75 Å². The number of benzene rings is 1. The number of rotatable bonds is 5. The van der Waals surface area contributed by atoms with E-state index >= 15 is 0 Å². The first-order valence-electron chi connectivity index (χ1n) is 7.13. The quantitative estimate of drug-likeness (QED) is 0.888. The van der Waals surface area contributed by atoms with Crippen LogP contribution in [0.1, 0.15) is 43.2 Å². The third kappa shape index (κ3) is 2.77. The molecule has 1 aromatic rings. The van der Waals surface area contributed by atoms with Crippen LogP contribution in [-0.4, -0.2) is 20.8 Å². The van der Waals surface area contributed by atoms with Crippen LogP contribution in [0.25, 0.3) is 0 Å². The summed E-state index contributed by atoms with van der Waals surface area (Å²) in [5.41, 5.74) is 8.75. The third-order valence-electron chi connectivity index (χ3n) is 4.41. The second-order valence-electron chi connectivity index (χ2n) is 5.46. The van der Waals surface area contributed by atoms with E-state index in [1.165, 1.54) is 43.2 Å². The molecule has 0 aromatic heterocycles. The normalized spacial score (nSPS) is 18.3. The summed E-state index contributed by atoms with van der Waals surface area (Å²) < 4.78 is 10.9. The van der Waals surface area contributed by atoms with E-state index < -0.39 is 0 Å². The van der Waals surface area contributed by atoms with Crippen molar-refractivity contribution in [1.29, 1.82) is 0 Å². The van der Waals surface area contributed by atoms with E-state index in [0.29, 0.717) is 13.2 Å². The maximum absolute atomic E-state index is 6.15. The Bertz CT molecular complexity index is 411. The van der Waals surface area contributed by atoms with E-state index in [-0.39, 0.29) is 5.41 Å². The van der Waals surface area contributed by atoms with Gasteiger partial charge in [-0.1, -0.05) is 31.4 Å². The highest BCUT2D eigenvalue weighted by Crippen LogP contribution is 2.42. The summed E-state index contributed by atoms with van der Waals surface area (Å²) in [6.45, 7) is 1.29. The molecule has 0 saturated heterocycles. The second-order valence-corrected chi connectivity index (χ2v) is 5.46. The molecule has 0 bridgehead atoms. The monoisotopic (exact) mass is 263 g/mol. The average Bonchev–Trinajstić information content (AvgIpc) is 2.48. The van der Waals surface area contributed by atoms with Gasteiger partial charge in [0.15, 0.2) is 0 Å². The van der Waals surface area contributed by atoms with Crippen molar-refractivity contribution < 1.29 is 9.47 Å². The lowest BCUT2D eigenvalue weighted by atomic mass is 9.68. The highest BCUT2D eigenvalue weighted by Gasteiger charge is 2.35. The maximum atomic E-state index is 6.15. The fourth-order valence-corrected chi connectivity index (χ4v) is 3.36. The van der Waals surface area contributed by atoms with Gasteiger partial charge in [-0.2, -0.15) is 0 Å². The predicted molar refractivity (Wildman–Crippen MR) is 77.5 cm³/mol. The van der Waals surface area contributed by atoms with E-state index in [2.05, 4.69) is 12.1 Å². The van der Waals surface area contributed by atoms with E-state index in [4.69, 9.17) is 15.2 Å². The van der Waals surface area contributed by atoms with Gasteiger partial charge in [-0.25, -0.2) is 0 Å². The molecule has 1 aliphatic rings. The summed E-state index contributed by atoms with van der Waals surface area (Å²) >= 11 is 0. The Morgan fingerprint density at radius 1 is 1.16 bits per heavy atom. The van der Waals surface area contributed by atoms with Crippen LogP contribution in [0, 0.1) is 0 Å². The summed E-state index contributed by atoms with van der Waals surface area (Å²) in [4.78, 5) is 0. The molecular weight excluding hydrogens is 238 g/mol. The van der Waals surface area contributed by atoms with Crippen molar-refractivity contribution in [2.45, 2.75) is 44.1 Å². The van der Waals surface area contributed by atoms with Gasteiger partial charge < -0.3 is 15.2 Å². The maximum Gasteiger partial charge on any atom is 0.124 e. The summed E-state index contributed by atoms with van der Waals surface area (Å²) in [5.74, 6) is 0.915.